The van der Waals surface area contributed by atoms with Crippen LogP contribution in [0, 0.1) is 5.92 Å². The minimum Gasteiger partial charge on any atom is -0.467 e. The molecule has 0 saturated heterocycles. The summed E-state index contributed by atoms with van der Waals surface area (Å²) in [6.07, 6.45) is 1.87. The van der Waals surface area contributed by atoms with Crippen LogP contribution in [0.2, 0.25) is 0 Å². The van der Waals surface area contributed by atoms with E-state index < -0.39 is 23.3 Å². The first-order valence-corrected chi connectivity index (χ1v) is 4.45. The van der Waals surface area contributed by atoms with E-state index >= 15 is 0 Å². The Hall–Kier alpha value is -1.49. The van der Waals surface area contributed by atoms with Crippen LogP contribution in [0.15, 0.2) is 12.2 Å². The van der Waals surface area contributed by atoms with E-state index in [9.17, 15) is 19.5 Å². The van der Waals surface area contributed by atoms with Crippen molar-refractivity contribution in [1.82, 2.24) is 0 Å². The smallest absolute Gasteiger partial charge is 0.341 e. The number of methoxy groups -OCH3 is 1. The van der Waals surface area contributed by atoms with Gasteiger partial charge in [0, 0.05) is 6.42 Å². The molecule has 15 heavy (non-hydrogen) atoms. The zero-order valence-electron chi connectivity index (χ0n) is 8.52. The first kappa shape index (κ1) is 11.6. The van der Waals surface area contributed by atoms with Crippen LogP contribution in [0.4, 0.5) is 0 Å². The van der Waals surface area contributed by atoms with Crippen LogP contribution in [-0.2, 0) is 19.1 Å². The van der Waals surface area contributed by atoms with Gasteiger partial charge in [-0.2, -0.15) is 0 Å². The van der Waals surface area contributed by atoms with Crippen molar-refractivity contribution in [1.29, 1.82) is 0 Å². The molecule has 0 spiro atoms. The third-order valence-corrected chi connectivity index (χ3v) is 2.41. The van der Waals surface area contributed by atoms with E-state index in [0.29, 0.717) is 0 Å². The van der Waals surface area contributed by atoms with Crippen LogP contribution in [0.25, 0.3) is 0 Å². The molecule has 0 bridgehead atoms. The highest BCUT2D eigenvalue weighted by Gasteiger charge is 2.43. The number of hydrogen-bond acceptors (Lipinski definition) is 5. The minimum absolute atomic E-state index is 0.246. The summed E-state index contributed by atoms with van der Waals surface area (Å²) in [5, 5.41) is 9.81. The molecule has 5 heteroatoms. The number of carbonyl (C=O) groups is 3. The predicted octanol–water partition coefficient (Wildman–Crippen LogP) is -0.375. The molecular formula is C10H12O5. The van der Waals surface area contributed by atoms with Gasteiger partial charge >= 0.3 is 5.97 Å². The molecule has 0 saturated carbocycles. The number of rotatable bonds is 2. The van der Waals surface area contributed by atoms with Crippen molar-refractivity contribution in [3.05, 3.63) is 12.2 Å². The van der Waals surface area contributed by atoms with Crippen LogP contribution in [0.3, 0.4) is 0 Å². The fraction of sp³-hybridized carbons (Fsp3) is 0.500. The Kier molecular flexibility index (Phi) is 3.04. The first-order chi connectivity index (χ1) is 6.90. The Morgan fingerprint density at radius 2 is 2.20 bits per heavy atom. The molecule has 0 aromatic heterocycles. The lowest BCUT2D eigenvalue weighted by atomic mass is 9.80. The Labute approximate surface area is 86.7 Å². The van der Waals surface area contributed by atoms with Crippen LogP contribution in [0.5, 0.6) is 0 Å². The monoisotopic (exact) mass is 212 g/mol. The number of carbonyl (C=O) groups excluding carboxylic acids is 3. The number of aliphatic hydroxyl groups is 1. The van der Waals surface area contributed by atoms with Crippen molar-refractivity contribution >= 4 is 17.5 Å². The number of allylic oxidation sites excluding steroid dienone is 1. The van der Waals surface area contributed by atoms with Crippen LogP contribution in [-0.4, -0.2) is 35.4 Å². The van der Waals surface area contributed by atoms with E-state index in [0.717, 1.165) is 19.3 Å². The van der Waals surface area contributed by atoms with E-state index in [4.69, 9.17) is 0 Å². The second-order valence-electron chi connectivity index (χ2n) is 3.52. The summed E-state index contributed by atoms with van der Waals surface area (Å²) in [4.78, 5) is 33.6. The number of hydrogen-bond donors (Lipinski definition) is 1. The van der Waals surface area contributed by atoms with Gasteiger partial charge in [-0.3, -0.25) is 9.59 Å². The summed E-state index contributed by atoms with van der Waals surface area (Å²) in [7, 11) is 1.13. The van der Waals surface area contributed by atoms with Gasteiger partial charge < -0.3 is 9.84 Å². The number of ketones is 2. The third kappa shape index (κ3) is 2.12. The average molecular weight is 212 g/mol. The SMILES string of the molecule is COC(=O)C1(O)C=CC(=O)C(C(C)=O)C1. The maximum atomic E-state index is 11.3. The molecule has 1 rings (SSSR count). The Bertz CT molecular complexity index is 344. The second kappa shape index (κ2) is 3.94. The molecule has 5 nitrogen and oxygen atoms in total. The number of ether oxygens (including phenoxy) is 1. The summed E-state index contributed by atoms with van der Waals surface area (Å²) in [6.45, 7) is 1.25. The second-order valence-corrected chi connectivity index (χ2v) is 3.52. The van der Waals surface area contributed by atoms with Gasteiger partial charge in [-0.1, -0.05) is 0 Å². The summed E-state index contributed by atoms with van der Waals surface area (Å²) in [5.74, 6) is -2.58. The highest BCUT2D eigenvalue weighted by Crippen LogP contribution is 2.26. The van der Waals surface area contributed by atoms with Crippen molar-refractivity contribution in [3.8, 4) is 0 Å². The minimum atomic E-state index is -1.86. The van der Waals surface area contributed by atoms with E-state index in [1.807, 2.05) is 0 Å². The zero-order chi connectivity index (χ0) is 11.6. The van der Waals surface area contributed by atoms with Crippen molar-refractivity contribution in [2.75, 3.05) is 7.11 Å². The van der Waals surface area contributed by atoms with Crippen LogP contribution in [0.1, 0.15) is 13.3 Å². The molecule has 0 radical (unpaired) electrons. The molecular weight excluding hydrogens is 200 g/mol. The average Bonchev–Trinajstić information content (AvgIpc) is 2.20. The normalized spacial score (nSPS) is 30.1. The van der Waals surface area contributed by atoms with Gasteiger partial charge in [-0.15, -0.1) is 0 Å². The lowest BCUT2D eigenvalue weighted by Gasteiger charge is -2.27. The Morgan fingerprint density at radius 1 is 1.60 bits per heavy atom. The molecule has 0 aliphatic heterocycles. The van der Waals surface area contributed by atoms with Crippen molar-refractivity contribution in [3.63, 3.8) is 0 Å². The van der Waals surface area contributed by atoms with E-state index in [1.165, 1.54) is 6.92 Å². The number of esters is 1. The van der Waals surface area contributed by atoms with Gasteiger partial charge in [0.05, 0.1) is 13.0 Å². The molecule has 2 atom stereocenters. The molecule has 0 fully saturated rings. The van der Waals surface area contributed by atoms with Gasteiger partial charge in [0.2, 0.25) is 0 Å². The van der Waals surface area contributed by atoms with E-state index in [2.05, 4.69) is 4.74 Å². The van der Waals surface area contributed by atoms with Gasteiger partial charge in [-0.25, -0.2) is 4.79 Å². The zero-order valence-corrected chi connectivity index (χ0v) is 8.52. The Balaban J connectivity index is 2.99. The van der Waals surface area contributed by atoms with Gasteiger partial charge in [-0.05, 0) is 19.1 Å². The molecule has 0 heterocycles. The molecule has 1 N–H and O–H groups in total. The Morgan fingerprint density at radius 3 is 2.67 bits per heavy atom. The van der Waals surface area contributed by atoms with Gasteiger partial charge in [0.1, 0.15) is 5.78 Å². The highest BCUT2D eigenvalue weighted by molar-refractivity contribution is 6.08. The summed E-state index contributed by atoms with van der Waals surface area (Å²) in [5.41, 5.74) is -1.86. The standard InChI is InChI=1S/C10H12O5/c1-6(11)7-5-10(14,9(13)15-2)4-3-8(7)12/h3-4,7,14H,5H2,1-2H3. The van der Waals surface area contributed by atoms with Crippen molar-refractivity contribution < 1.29 is 24.2 Å². The molecule has 1 aliphatic carbocycles. The summed E-state index contributed by atoms with van der Waals surface area (Å²) < 4.78 is 4.39. The molecule has 0 aromatic rings. The van der Waals surface area contributed by atoms with Crippen molar-refractivity contribution in [2.24, 2.45) is 5.92 Å². The van der Waals surface area contributed by atoms with Crippen LogP contribution < -0.4 is 0 Å². The molecule has 82 valence electrons. The largest absolute Gasteiger partial charge is 0.467 e. The fourth-order valence-electron chi connectivity index (χ4n) is 1.49. The molecule has 2 unspecified atom stereocenters. The third-order valence-electron chi connectivity index (χ3n) is 2.41. The lowest BCUT2D eigenvalue weighted by molar-refractivity contribution is -0.160. The fourth-order valence-corrected chi connectivity index (χ4v) is 1.49. The highest BCUT2D eigenvalue weighted by atomic mass is 16.5. The van der Waals surface area contributed by atoms with Crippen molar-refractivity contribution in [2.45, 2.75) is 18.9 Å². The van der Waals surface area contributed by atoms with Gasteiger partial charge in [0.25, 0.3) is 0 Å². The maximum Gasteiger partial charge on any atom is 0.341 e. The molecule has 0 amide bonds. The quantitative estimate of drug-likeness (QED) is 0.498. The predicted molar refractivity (Wildman–Crippen MR) is 49.9 cm³/mol. The first-order valence-electron chi connectivity index (χ1n) is 4.45. The van der Waals surface area contributed by atoms with E-state index in [1.54, 1.807) is 0 Å². The van der Waals surface area contributed by atoms with Gasteiger partial charge in [0.15, 0.2) is 11.4 Å². The molecule has 0 aromatic carbocycles. The van der Waals surface area contributed by atoms with Crippen LogP contribution >= 0.6 is 0 Å². The summed E-state index contributed by atoms with van der Waals surface area (Å²) >= 11 is 0. The topological polar surface area (TPSA) is 80.7 Å². The number of Topliss-reactive ketones (excluding diaryl/α,β-unsaturated/α-hetero) is 1. The maximum absolute atomic E-state index is 11.3. The lowest BCUT2D eigenvalue weighted by Crippen LogP contribution is -2.45. The van der Waals surface area contributed by atoms with E-state index in [-0.39, 0.29) is 12.2 Å². The summed E-state index contributed by atoms with van der Waals surface area (Å²) in [6, 6.07) is 0. The molecule has 1 aliphatic rings.